The van der Waals surface area contributed by atoms with Gasteiger partial charge < -0.3 is 15.3 Å². The molecule has 1 aliphatic heterocycles. The molecule has 160 valence electrons. The first-order chi connectivity index (χ1) is 14.1. The second-order valence-corrected chi connectivity index (χ2v) is 9.28. The average molecular weight is 432 g/mol. The molecule has 0 saturated carbocycles. The Labute approximate surface area is 176 Å². The van der Waals surface area contributed by atoms with Gasteiger partial charge in [-0.1, -0.05) is 17.7 Å². The minimum Gasteiger partial charge on any atom is -0.507 e. The molecule has 3 rings (SSSR count). The molecule has 8 nitrogen and oxygen atoms in total. The summed E-state index contributed by atoms with van der Waals surface area (Å²) in [5.41, 5.74) is 2.14. The van der Waals surface area contributed by atoms with Gasteiger partial charge in [0.2, 0.25) is 15.9 Å². The van der Waals surface area contributed by atoms with E-state index in [0.29, 0.717) is 11.3 Å². The topological polar surface area (TPSA) is 107 Å². The van der Waals surface area contributed by atoms with Crippen LogP contribution in [0.2, 0.25) is 0 Å². The Kier molecular flexibility index (Phi) is 6.14. The van der Waals surface area contributed by atoms with Gasteiger partial charge in [-0.25, -0.2) is 8.42 Å². The lowest BCUT2D eigenvalue weighted by Crippen LogP contribution is -2.50. The van der Waals surface area contributed by atoms with E-state index in [1.54, 1.807) is 19.1 Å². The Morgan fingerprint density at radius 2 is 1.67 bits per heavy atom. The van der Waals surface area contributed by atoms with Crippen molar-refractivity contribution in [1.82, 2.24) is 9.21 Å². The molecule has 2 amide bonds. The summed E-state index contributed by atoms with van der Waals surface area (Å²) < 4.78 is 27.4. The summed E-state index contributed by atoms with van der Waals surface area (Å²) in [6.45, 7) is 5.75. The Morgan fingerprint density at radius 3 is 2.27 bits per heavy atom. The predicted molar refractivity (Wildman–Crippen MR) is 113 cm³/mol. The number of rotatable bonds is 4. The highest BCUT2D eigenvalue weighted by Crippen LogP contribution is 2.25. The van der Waals surface area contributed by atoms with Gasteiger partial charge in [0.05, 0.1) is 10.5 Å². The molecular formula is C21H25N3O5S. The molecule has 2 N–H and O–H groups in total. The van der Waals surface area contributed by atoms with Gasteiger partial charge in [-0.05, 0) is 43.7 Å². The number of hydrogen-bond acceptors (Lipinski definition) is 5. The second kappa shape index (κ2) is 8.45. The van der Waals surface area contributed by atoms with Gasteiger partial charge in [0.25, 0.3) is 5.91 Å². The van der Waals surface area contributed by atoms with Gasteiger partial charge in [-0.15, -0.1) is 0 Å². The van der Waals surface area contributed by atoms with Gasteiger partial charge in [0, 0.05) is 38.8 Å². The fourth-order valence-corrected chi connectivity index (χ4v) is 5.15. The van der Waals surface area contributed by atoms with Gasteiger partial charge in [0.15, 0.2) is 0 Å². The smallest absolute Gasteiger partial charge is 0.257 e. The van der Waals surface area contributed by atoms with E-state index in [4.69, 9.17) is 0 Å². The molecule has 2 aromatic rings. The molecule has 0 bridgehead atoms. The summed E-state index contributed by atoms with van der Waals surface area (Å²) in [7, 11) is -3.65. The molecule has 2 aromatic carbocycles. The predicted octanol–water partition coefficient (Wildman–Crippen LogP) is 2.11. The summed E-state index contributed by atoms with van der Waals surface area (Å²) >= 11 is 0. The summed E-state index contributed by atoms with van der Waals surface area (Å²) in [5.74, 6) is -0.896. The Balaban J connectivity index is 1.74. The standard InChI is InChI=1S/C21H25N3O5S/c1-14-4-7-20(15(2)12-14)30(28,29)24-10-8-23(9-11-24)21(27)18-13-17(22-16(3)25)5-6-19(18)26/h4-7,12-13,26H,8-11H2,1-3H3,(H,22,25). The van der Waals surface area contributed by atoms with Crippen LogP contribution in [0.3, 0.4) is 0 Å². The van der Waals surface area contributed by atoms with Crippen molar-refractivity contribution in [2.24, 2.45) is 0 Å². The number of phenolic OH excluding ortho intramolecular Hbond substituents is 1. The van der Waals surface area contributed by atoms with Crippen LogP contribution in [-0.2, 0) is 14.8 Å². The number of anilines is 1. The minimum atomic E-state index is -3.65. The molecule has 1 saturated heterocycles. The molecule has 0 aliphatic carbocycles. The maximum atomic E-state index is 13.0. The van der Waals surface area contributed by atoms with Crippen LogP contribution < -0.4 is 5.32 Å². The van der Waals surface area contributed by atoms with Crippen molar-refractivity contribution in [1.29, 1.82) is 0 Å². The molecule has 0 unspecified atom stereocenters. The lowest BCUT2D eigenvalue weighted by atomic mass is 10.1. The zero-order valence-corrected chi connectivity index (χ0v) is 18.0. The van der Waals surface area contributed by atoms with Crippen molar-refractivity contribution >= 4 is 27.5 Å². The van der Waals surface area contributed by atoms with Crippen LogP contribution in [0.4, 0.5) is 5.69 Å². The van der Waals surface area contributed by atoms with Crippen LogP contribution in [0, 0.1) is 13.8 Å². The highest BCUT2D eigenvalue weighted by atomic mass is 32.2. The number of nitrogens with zero attached hydrogens (tertiary/aromatic N) is 2. The third kappa shape index (κ3) is 4.47. The summed E-state index contributed by atoms with van der Waals surface area (Å²) in [6, 6.07) is 9.48. The van der Waals surface area contributed by atoms with Gasteiger partial charge in [-0.2, -0.15) is 4.31 Å². The van der Waals surface area contributed by atoms with E-state index in [2.05, 4.69) is 5.32 Å². The Hall–Kier alpha value is -2.91. The lowest BCUT2D eigenvalue weighted by molar-refractivity contribution is -0.114. The molecule has 0 atom stereocenters. The monoisotopic (exact) mass is 431 g/mol. The third-order valence-electron chi connectivity index (χ3n) is 5.02. The first-order valence-corrected chi connectivity index (χ1v) is 11.0. The number of carbonyl (C=O) groups is 2. The zero-order valence-electron chi connectivity index (χ0n) is 17.2. The number of amides is 2. The fourth-order valence-electron chi connectivity index (χ4n) is 3.52. The van der Waals surface area contributed by atoms with E-state index in [-0.39, 0.29) is 48.3 Å². The number of sulfonamides is 1. The SMILES string of the molecule is CC(=O)Nc1ccc(O)c(C(=O)N2CCN(S(=O)(=O)c3ccc(C)cc3C)CC2)c1. The molecule has 1 heterocycles. The van der Waals surface area contributed by atoms with Crippen LogP contribution in [0.5, 0.6) is 5.75 Å². The molecule has 0 radical (unpaired) electrons. The van der Waals surface area contributed by atoms with E-state index in [9.17, 15) is 23.1 Å². The van der Waals surface area contributed by atoms with E-state index in [0.717, 1.165) is 5.56 Å². The van der Waals surface area contributed by atoms with E-state index >= 15 is 0 Å². The van der Waals surface area contributed by atoms with E-state index in [1.807, 2.05) is 13.0 Å². The second-order valence-electron chi connectivity index (χ2n) is 7.38. The number of aromatic hydroxyl groups is 1. The summed E-state index contributed by atoms with van der Waals surface area (Å²) in [4.78, 5) is 25.9. The molecular weight excluding hydrogens is 406 g/mol. The van der Waals surface area contributed by atoms with Crippen LogP contribution in [0.25, 0.3) is 0 Å². The fraction of sp³-hybridized carbons (Fsp3) is 0.333. The van der Waals surface area contributed by atoms with E-state index in [1.165, 1.54) is 34.3 Å². The van der Waals surface area contributed by atoms with Crippen molar-refractivity contribution in [2.75, 3.05) is 31.5 Å². The van der Waals surface area contributed by atoms with Crippen LogP contribution >= 0.6 is 0 Å². The quantitative estimate of drug-likeness (QED) is 0.721. The van der Waals surface area contributed by atoms with Crippen molar-refractivity contribution in [3.8, 4) is 5.75 Å². The van der Waals surface area contributed by atoms with Gasteiger partial charge >= 0.3 is 0 Å². The molecule has 1 aliphatic rings. The number of hydrogen-bond donors (Lipinski definition) is 2. The Morgan fingerprint density at radius 1 is 1.00 bits per heavy atom. The largest absolute Gasteiger partial charge is 0.507 e. The molecule has 30 heavy (non-hydrogen) atoms. The van der Waals surface area contributed by atoms with Gasteiger partial charge in [0.1, 0.15) is 5.75 Å². The van der Waals surface area contributed by atoms with Crippen LogP contribution in [0.1, 0.15) is 28.4 Å². The van der Waals surface area contributed by atoms with Crippen molar-refractivity contribution in [3.05, 3.63) is 53.1 Å². The Bertz CT molecular complexity index is 1090. The van der Waals surface area contributed by atoms with Crippen molar-refractivity contribution in [3.63, 3.8) is 0 Å². The number of nitrogens with one attached hydrogen (secondary N) is 1. The maximum absolute atomic E-state index is 13.0. The highest BCUT2D eigenvalue weighted by molar-refractivity contribution is 7.89. The molecule has 9 heteroatoms. The third-order valence-corrected chi connectivity index (χ3v) is 7.08. The number of piperazine rings is 1. The number of aryl methyl sites for hydroxylation is 2. The number of phenols is 1. The summed E-state index contributed by atoms with van der Waals surface area (Å²) in [5, 5.41) is 12.7. The average Bonchev–Trinajstić information content (AvgIpc) is 2.68. The zero-order chi connectivity index (χ0) is 22.1. The number of benzene rings is 2. The van der Waals surface area contributed by atoms with Crippen molar-refractivity contribution < 1.29 is 23.1 Å². The molecule has 0 spiro atoms. The lowest BCUT2D eigenvalue weighted by Gasteiger charge is -2.34. The molecule has 1 fully saturated rings. The highest BCUT2D eigenvalue weighted by Gasteiger charge is 2.32. The van der Waals surface area contributed by atoms with E-state index < -0.39 is 15.9 Å². The molecule has 0 aromatic heterocycles. The van der Waals surface area contributed by atoms with Crippen molar-refractivity contribution in [2.45, 2.75) is 25.7 Å². The number of carbonyl (C=O) groups excluding carboxylic acids is 2. The normalized spacial score (nSPS) is 15.1. The minimum absolute atomic E-state index is 0.0620. The first kappa shape index (κ1) is 21.8. The van der Waals surface area contributed by atoms with Gasteiger partial charge in [-0.3, -0.25) is 9.59 Å². The maximum Gasteiger partial charge on any atom is 0.257 e. The first-order valence-electron chi connectivity index (χ1n) is 9.57. The summed E-state index contributed by atoms with van der Waals surface area (Å²) in [6.07, 6.45) is 0. The van der Waals surface area contributed by atoms with Crippen LogP contribution in [-0.4, -0.2) is 60.7 Å². The van der Waals surface area contributed by atoms with Crippen LogP contribution in [0.15, 0.2) is 41.3 Å².